The van der Waals surface area contributed by atoms with Gasteiger partial charge in [-0.25, -0.2) is 4.98 Å². The van der Waals surface area contributed by atoms with E-state index in [0.717, 1.165) is 38.4 Å². The summed E-state index contributed by atoms with van der Waals surface area (Å²) in [5.74, 6) is 1.17. The normalized spacial score (nSPS) is 16.1. The molecule has 5 heteroatoms. The number of hydrogen-bond donors (Lipinski definition) is 0. The predicted octanol–water partition coefficient (Wildman–Crippen LogP) is 0.925. The predicted molar refractivity (Wildman–Crippen MR) is 65.7 cm³/mol. The summed E-state index contributed by atoms with van der Waals surface area (Å²) in [7, 11) is 0. The van der Waals surface area contributed by atoms with Crippen LogP contribution >= 0.6 is 0 Å². The maximum absolute atomic E-state index is 11.7. The lowest BCUT2D eigenvalue weighted by atomic mass is 10.2. The molecule has 1 amide bonds. The molecular formula is C12H18N4O. The van der Waals surface area contributed by atoms with E-state index in [1.165, 1.54) is 0 Å². The van der Waals surface area contributed by atoms with Crippen LogP contribution in [0.25, 0.3) is 0 Å². The van der Waals surface area contributed by atoms with Crippen LogP contribution in [0.2, 0.25) is 0 Å². The summed E-state index contributed by atoms with van der Waals surface area (Å²) in [6.45, 7) is 5.29. The topological polar surface area (TPSA) is 49.3 Å². The maximum atomic E-state index is 11.7. The highest BCUT2D eigenvalue weighted by molar-refractivity contribution is 5.76. The highest BCUT2D eigenvalue weighted by Crippen LogP contribution is 2.12. The number of carbonyl (C=O) groups is 1. The third-order valence-corrected chi connectivity index (χ3v) is 2.97. The molecule has 92 valence electrons. The lowest BCUT2D eigenvalue weighted by Crippen LogP contribution is -2.49. The first-order valence-corrected chi connectivity index (χ1v) is 6.10. The van der Waals surface area contributed by atoms with E-state index in [2.05, 4.69) is 14.9 Å². The molecule has 1 aromatic rings. The van der Waals surface area contributed by atoms with Crippen LogP contribution < -0.4 is 4.90 Å². The number of nitrogens with zero attached hydrogens (tertiary/aromatic N) is 4. The molecule has 1 aromatic heterocycles. The molecule has 1 saturated heterocycles. The SMILES string of the molecule is CCCC(=O)N1CCN(c2cnccn2)CC1. The van der Waals surface area contributed by atoms with Gasteiger partial charge in [-0.15, -0.1) is 0 Å². The van der Waals surface area contributed by atoms with Gasteiger partial charge in [0.25, 0.3) is 0 Å². The number of carbonyl (C=O) groups excluding carboxylic acids is 1. The number of aromatic nitrogens is 2. The van der Waals surface area contributed by atoms with E-state index in [9.17, 15) is 4.79 Å². The molecule has 17 heavy (non-hydrogen) atoms. The van der Waals surface area contributed by atoms with Gasteiger partial charge in [0, 0.05) is 45.0 Å². The minimum atomic E-state index is 0.270. The number of rotatable bonds is 3. The van der Waals surface area contributed by atoms with E-state index in [4.69, 9.17) is 0 Å². The Labute approximate surface area is 101 Å². The Bertz CT molecular complexity index is 360. The van der Waals surface area contributed by atoms with E-state index in [0.29, 0.717) is 6.42 Å². The molecule has 0 spiro atoms. The van der Waals surface area contributed by atoms with Gasteiger partial charge in [-0.3, -0.25) is 9.78 Å². The average Bonchev–Trinajstić information content (AvgIpc) is 2.40. The number of amides is 1. The highest BCUT2D eigenvalue weighted by Gasteiger charge is 2.20. The molecule has 1 fully saturated rings. The van der Waals surface area contributed by atoms with Crippen molar-refractivity contribution in [1.82, 2.24) is 14.9 Å². The Kier molecular flexibility index (Phi) is 3.90. The Morgan fingerprint density at radius 3 is 2.65 bits per heavy atom. The molecule has 0 radical (unpaired) electrons. The first kappa shape index (κ1) is 11.8. The zero-order valence-corrected chi connectivity index (χ0v) is 10.2. The van der Waals surface area contributed by atoms with Crippen molar-refractivity contribution in [2.24, 2.45) is 0 Å². The minimum absolute atomic E-state index is 0.270. The smallest absolute Gasteiger partial charge is 0.222 e. The molecule has 0 bridgehead atoms. The molecule has 0 aliphatic carbocycles. The first-order valence-electron chi connectivity index (χ1n) is 6.10. The monoisotopic (exact) mass is 234 g/mol. The third kappa shape index (κ3) is 2.93. The quantitative estimate of drug-likeness (QED) is 0.780. The molecular weight excluding hydrogens is 216 g/mol. The van der Waals surface area contributed by atoms with Crippen LogP contribution in [0.5, 0.6) is 0 Å². The van der Waals surface area contributed by atoms with E-state index >= 15 is 0 Å². The zero-order valence-electron chi connectivity index (χ0n) is 10.2. The van der Waals surface area contributed by atoms with Crippen LogP contribution in [0.15, 0.2) is 18.6 Å². The van der Waals surface area contributed by atoms with Crippen molar-refractivity contribution in [3.05, 3.63) is 18.6 Å². The summed E-state index contributed by atoms with van der Waals surface area (Å²) < 4.78 is 0. The largest absolute Gasteiger partial charge is 0.352 e. The van der Waals surface area contributed by atoms with Crippen LogP contribution in [0.4, 0.5) is 5.82 Å². The Balaban J connectivity index is 1.88. The summed E-state index contributed by atoms with van der Waals surface area (Å²) in [5.41, 5.74) is 0. The van der Waals surface area contributed by atoms with Crippen LogP contribution in [-0.4, -0.2) is 47.0 Å². The van der Waals surface area contributed by atoms with Crippen molar-refractivity contribution < 1.29 is 4.79 Å². The molecule has 0 saturated carbocycles. The van der Waals surface area contributed by atoms with Crippen LogP contribution in [0, 0.1) is 0 Å². The van der Waals surface area contributed by atoms with E-state index < -0.39 is 0 Å². The molecule has 1 aliphatic heterocycles. The van der Waals surface area contributed by atoms with E-state index in [-0.39, 0.29) is 5.91 Å². The molecule has 0 unspecified atom stereocenters. The van der Waals surface area contributed by atoms with Crippen LogP contribution in [0.1, 0.15) is 19.8 Å². The minimum Gasteiger partial charge on any atom is -0.352 e. The Hall–Kier alpha value is -1.65. The summed E-state index contributed by atoms with van der Waals surface area (Å²) >= 11 is 0. The van der Waals surface area contributed by atoms with E-state index in [1.807, 2.05) is 11.8 Å². The zero-order chi connectivity index (χ0) is 12.1. The highest BCUT2D eigenvalue weighted by atomic mass is 16.2. The van der Waals surface area contributed by atoms with Crippen molar-refractivity contribution in [3.8, 4) is 0 Å². The summed E-state index contributed by atoms with van der Waals surface area (Å²) in [6, 6.07) is 0. The van der Waals surface area contributed by atoms with Crippen molar-refractivity contribution >= 4 is 11.7 Å². The fourth-order valence-corrected chi connectivity index (χ4v) is 2.01. The van der Waals surface area contributed by atoms with Gasteiger partial charge in [0.2, 0.25) is 5.91 Å². The Morgan fingerprint density at radius 2 is 2.06 bits per heavy atom. The molecule has 2 rings (SSSR count). The standard InChI is InChI=1S/C12H18N4O/c1-2-3-12(17)16-8-6-15(7-9-16)11-10-13-4-5-14-11/h4-5,10H,2-3,6-9H2,1H3. The first-order chi connectivity index (χ1) is 8.31. The van der Waals surface area contributed by atoms with Gasteiger partial charge < -0.3 is 9.80 Å². The summed E-state index contributed by atoms with van der Waals surface area (Å²) in [6.07, 6.45) is 6.71. The summed E-state index contributed by atoms with van der Waals surface area (Å²) in [4.78, 5) is 24.2. The molecule has 0 atom stereocenters. The van der Waals surface area contributed by atoms with Gasteiger partial charge in [0.05, 0.1) is 6.20 Å². The van der Waals surface area contributed by atoms with Crippen molar-refractivity contribution in [3.63, 3.8) is 0 Å². The maximum Gasteiger partial charge on any atom is 0.222 e. The van der Waals surface area contributed by atoms with Crippen molar-refractivity contribution in [2.45, 2.75) is 19.8 Å². The fourth-order valence-electron chi connectivity index (χ4n) is 2.01. The second kappa shape index (κ2) is 5.61. The third-order valence-electron chi connectivity index (χ3n) is 2.97. The van der Waals surface area contributed by atoms with Gasteiger partial charge in [-0.1, -0.05) is 6.92 Å². The van der Waals surface area contributed by atoms with Crippen molar-refractivity contribution in [1.29, 1.82) is 0 Å². The van der Waals surface area contributed by atoms with Gasteiger partial charge >= 0.3 is 0 Å². The summed E-state index contributed by atoms with van der Waals surface area (Å²) in [5, 5.41) is 0. The van der Waals surface area contributed by atoms with Gasteiger partial charge in [0.15, 0.2) is 0 Å². The molecule has 0 aromatic carbocycles. The lowest BCUT2D eigenvalue weighted by Gasteiger charge is -2.35. The molecule has 2 heterocycles. The molecule has 0 N–H and O–H groups in total. The van der Waals surface area contributed by atoms with Crippen LogP contribution in [0.3, 0.4) is 0 Å². The Morgan fingerprint density at radius 1 is 1.29 bits per heavy atom. The number of hydrogen-bond acceptors (Lipinski definition) is 4. The lowest BCUT2D eigenvalue weighted by molar-refractivity contribution is -0.131. The molecule has 1 aliphatic rings. The van der Waals surface area contributed by atoms with Gasteiger partial charge in [0.1, 0.15) is 5.82 Å². The fraction of sp³-hybridized carbons (Fsp3) is 0.583. The van der Waals surface area contributed by atoms with Gasteiger partial charge in [-0.2, -0.15) is 0 Å². The van der Waals surface area contributed by atoms with Crippen molar-refractivity contribution in [2.75, 3.05) is 31.1 Å². The second-order valence-corrected chi connectivity index (χ2v) is 4.18. The van der Waals surface area contributed by atoms with Crippen LogP contribution in [-0.2, 0) is 4.79 Å². The average molecular weight is 234 g/mol. The number of anilines is 1. The molecule has 5 nitrogen and oxygen atoms in total. The van der Waals surface area contributed by atoms with Gasteiger partial charge in [-0.05, 0) is 6.42 Å². The van der Waals surface area contributed by atoms with E-state index in [1.54, 1.807) is 18.6 Å². The second-order valence-electron chi connectivity index (χ2n) is 4.18. The number of piperazine rings is 1.